The Morgan fingerprint density at radius 3 is 2.86 bits per heavy atom. The van der Waals surface area contributed by atoms with Gasteiger partial charge in [-0.3, -0.25) is 0 Å². The van der Waals surface area contributed by atoms with Crippen molar-refractivity contribution in [2.24, 2.45) is 0 Å². The van der Waals surface area contributed by atoms with E-state index in [-0.39, 0.29) is 0 Å². The molecule has 0 aromatic rings. The molecule has 1 heterocycles. The maximum absolute atomic E-state index is 4.29. The van der Waals surface area contributed by atoms with Gasteiger partial charge >= 0.3 is 0 Å². The Morgan fingerprint density at radius 2 is 2.57 bits per heavy atom. The normalized spacial score (nSPS) is 30.7. The topological polar surface area (TPSA) is 0 Å². The highest BCUT2D eigenvalue weighted by Gasteiger charge is 2.01. The second kappa shape index (κ2) is 2.68. The first-order valence-electron chi connectivity index (χ1n) is 2.34. The van der Waals surface area contributed by atoms with Crippen molar-refractivity contribution in [3.63, 3.8) is 0 Å². The van der Waals surface area contributed by atoms with Crippen LogP contribution >= 0.6 is 24.4 Å². The summed E-state index contributed by atoms with van der Waals surface area (Å²) in [5.74, 6) is 1.18. The average Bonchev–Trinajstić information content (AvgIpc) is 1.69. The smallest absolute Gasteiger partial charge is 0.0146 e. The van der Waals surface area contributed by atoms with Crippen molar-refractivity contribution < 1.29 is 0 Å². The molecule has 1 aliphatic heterocycles. The third-order valence-electron chi connectivity index (χ3n) is 0.889. The molecule has 1 unspecified atom stereocenters. The van der Waals surface area contributed by atoms with Crippen LogP contribution < -0.4 is 0 Å². The maximum Gasteiger partial charge on any atom is 0.0146 e. The lowest BCUT2D eigenvalue weighted by molar-refractivity contribution is 0.997. The first-order valence-corrected chi connectivity index (χ1v) is 3.91. The third-order valence-corrected chi connectivity index (χ3v) is 2.51. The van der Waals surface area contributed by atoms with E-state index in [2.05, 4.69) is 24.1 Å². The summed E-state index contributed by atoms with van der Waals surface area (Å²) in [6.45, 7) is 0. The van der Waals surface area contributed by atoms with Gasteiger partial charge in [-0.15, -0.1) is 11.8 Å². The summed E-state index contributed by atoms with van der Waals surface area (Å²) >= 11 is 6.14. The van der Waals surface area contributed by atoms with Crippen LogP contribution in [0.3, 0.4) is 0 Å². The van der Waals surface area contributed by atoms with Crippen molar-refractivity contribution in [3.05, 3.63) is 11.5 Å². The van der Waals surface area contributed by atoms with E-state index in [1.807, 2.05) is 11.8 Å². The molecule has 0 aliphatic carbocycles. The summed E-state index contributed by atoms with van der Waals surface area (Å²) in [4.78, 5) is 0. The molecule has 7 heavy (non-hydrogen) atoms. The van der Waals surface area contributed by atoms with Crippen LogP contribution in [0.25, 0.3) is 0 Å². The molecule has 0 fully saturated rings. The first-order chi connectivity index (χ1) is 3.39. The maximum atomic E-state index is 4.29. The Morgan fingerprint density at radius 1 is 1.71 bits per heavy atom. The van der Waals surface area contributed by atoms with Gasteiger partial charge in [0.1, 0.15) is 0 Å². The molecule has 0 radical (unpaired) electrons. The van der Waals surface area contributed by atoms with Crippen molar-refractivity contribution in [2.45, 2.75) is 11.7 Å². The van der Waals surface area contributed by atoms with Gasteiger partial charge in [-0.1, -0.05) is 6.08 Å². The number of hydrogen-bond donors (Lipinski definition) is 1. The van der Waals surface area contributed by atoms with E-state index in [1.165, 1.54) is 5.75 Å². The van der Waals surface area contributed by atoms with E-state index in [1.54, 1.807) is 0 Å². The standard InChI is InChI=1S/C5H8S2/c6-5-2-1-3-7-4-5/h1,3,5-6H,2,4H2. The van der Waals surface area contributed by atoms with E-state index < -0.39 is 0 Å². The summed E-state index contributed by atoms with van der Waals surface area (Å²) in [5.41, 5.74) is 0. The second-order valence-corrected chi connectivity index (χ2v) is 3.26. The van der Waals surface area contributed by atoms with Crippen LogP contribution in [0.5, 0.6) is 0 Å². The Bertz CT molecular complexity index is 78.1. The summed E-state index contributed by atoms with van der Waals surface area (Å²) in [6.07, 6.45) is 3.32. The van der Waals surface area contributed by atoms with Gasteiger partial charge in [-0.2, -0.15) is 12.6 Å². The SMILES string of the molecule is SC1CC=CSC1. The van der Waals surface area contributed by atoms with E-state index in [9.17, 15) is 0 Å². The van der Waals surface area contributed by atoms with Gasteiger partial charge in [0, 0.05) is 11.0 Å². The molecule has 0 aromatic heterocycles. The number of thiol groups is 1. The van der Waals surface area contributed by atoms with Crippen molar-refractivity contribution in [1.29, 1.82) is 0 Å². The van der Waals surface area contributed by atoms with Crippen LogP contribution in [0.4, 0.5) is 0 Å². The molecule has 2 heteroatoms. The lowest BCUT2D eigenvalue weighted by Crippen LogP contribution is -2.01. The summed E-state index contributed by atoms with van der Waals surface area (Å²) in [5, 5.41) is 2.75. The highest BCUT2D eigenvalue weighted by molar-refractivity contribution is 8.02. The minimum absolute atomic E-state index is 0.606. The fourth-order valence-electron chi connectivity index (χ4n) is 0.515. The number of hydrogen-bond acceptors (Lipinski definition) is 2. The van der Waals surface area contributed by atoms with E-state index in [0.29, 0.717) is 5.25 Å². The van der Waals surface area contributed by atoms with Crippen molar-refractivity contribution in [3.8, 4) is 0 Å². The van der Waals surface area contributed by atoms with Gasteiger partial charge in [-0.05, 0) is 11.8 Å². The summed E-state index contributed by atoms with van der Waals surface area (Å²) in [7, 11) is 0. The van der Waals surface area contributed by atoms with Gasteiger partial charge in [0.25, 0.3) is 0 Å². The number of allylic oxidation sites excluding steroid dienone is 1. The van der Waals surface area contributed by atoms with Crippen LogP contribution in [0.1, 0.15) is 6.42 Å². The second-order valence-electron chi connectivity index (χ2n) is 1.59. The quantitative estimate of drug-likeness (QED) is 0.491. The zero-order chi connectivity index (χ0) is 5.11. The van der Waals surface area contributed by atoms with Crippen LogP contribution in [0.2, 0.25) is 0 Å². The fourth-order valence-corrected chi connectivity index (χ4v) is 1.61. The largest absolute Gasteiger partial charge is 0.175 e. The summed E-state index contributed by atoms with van der Waals surface area (Å²) in [6, 6.07) is 0. The van der Waals surface area contributed by atoms with Crippen LogP contribution in [-0.4, -0.2) is 11.0 Å². The molecular weight excluding hydrogens is 124 g/mol. The minimum atomic E-state index is 0.606. The molecule has 0 spiro atoms. The highest BCUT2D eigenvalue weighted by Crippen LogP contribution is 2.17. The molecule has 0 N–H and O–H groups in total. The molecule has 1 rings (SSSR count). The molecule has 0 saturated carbocycles. The Hall–Kier alpha value is 0.440. The average molecular weight is 132 g/mol. The number of thioether (sulfide) groups is 1. The molecule has 0 amide bonds. The Balaban J connectivity index is 2.32. The van der Waals surface area contributed by atoms with Crippen molar-refractivity contribution >= 4 is 24.4 Å². The van der Waals surface area contributed by atoms with Crippen molar-refractivity contribution in [2.75, 3.05) is 5.75 Å². The van der Waals surface area contributed by atoms with Crippen LogP contribution in [-0.2, 0) is 0 Å². The zero-order valence-electron chi connectivity index (χ0n) is 4.00. The van der Waals surface area contributed by atoms with E-state index >= 15 is 0 Å². The lowest BCUT2D eigenvalue weighted by atomic mass is 10.3. The predicted octanol–water partition coefficient (Wildman–Crippen LogP) is 1.94. The van der Waals surface area contributed by atoms with Gasteiger partial charge < -0.3 is 0 Å². The van der Waals surface area contributed by atoms with E-state index in [4.69, 9.17) is 0 Å². The number of rotatable bonds is 0. The van der Waals surface area contributed by atoms with Crippen LogP contribution in [0, 0.1) is 0 Å². The predicted molar refractivity (Wildman–Crippen MR) is 39.0 cm³/mol. The lowest BCUT2D eigenvalue weighted by Gasteiger charge is -2.08. The van der Waals surface area contributed by atoms with Gasteiger partial charge in [0.05, 0.1) is 0 Å². The van der Waals surface area contributed by atoms with Gasteiger partial charge in [-0.25, -0.2) is 0 Å². The molecular formula is C5H8S2. The van der Waals surface area contributed by atoms with Gasteiger partial charge in [0.2, 0.25) is 0 Å². The molecule has 1 aliphatic rings. The summed E-state index contributed by atoms with van der Waals surface area (Å²) < 4.78 is 0. The molecule has 0 saturated heterocycles. The first kappa shape index (κ1) is 5.57. The minimum Gasteiger partial charge on any atom is -0.175 e. The van der Waals surface area contributed by atoms with Crippen molar-refractivity contribution in [1.82, 2.24) is 0 Å². The Kier molecular flexibility index (Phi) is 2.13. The molecule has 1 atom stereocenters. The van der Waals surface area contributed by atoms with E-state index in [0.717, 1.165) is 6.42 Å². The van der Waals surface area contributed by atoms with Gasteiger partial charge in [0.15, 0.2) is 0 Å². The third kappa shape index (κ3) is 1.78. The monoisotopic (exact) mass is 132 g/mol. The zero-order valence-corrected chi connectivity index (χ0v) is 5.71. The molecule has 0 bridgehead atoms. The highest BCUT2D eigenvalue weighted by atomic mass is 32.2. The molecule has 40 valence electrons. The Labute approximate surface area is 53.8 Å². The van der Waals surface area contributed by atoms with Crippen LogP contribution in [0.15, 0.2) is 11.5 Å². The fraction of sp³-hybridized carbons (Fsp3) is 0.600. The molecule has 0 nitrogen and oxygen atoms in total. The molecule has 0 aromatic carbocycles.